The van der Waals surface area contributed by atoms with Gasteiger partial charge in [0.25, 0.3) is 0 Å². The second-order valence-electron chi connectivity index (χ2n) is 5.60. The van der Waals surface area contributed by atoms with Crippen LogP contribution in [0, 0.1) is 6.92 Å². The molecule has 0 saturated heterocycles. The molecule has 2 N–H and O–H groups in total. The molecule has 1 atom stereocenters. The summed E-state index contributed by atoms with van der Waals surface area (Å²) in [5, 5.41) is 14.3. The van der Waals surface area contributed by atoms with Crippen LogP contribution < -0.4 is 10.1 Å². The zero-order chi connectivity index (χ0) is 15.9. The molecule has 0 aliphatic rings. The Labute approximate surface area is 133 Å². The number of halogens is 1. The number of benzene rings is 1. The van der Waals surface area contributed by atoms with Crippen LogP contribution in [0.25, 0.3) is 0 Å². The first-order valence-electron chi connectivity index (χ1n) is 7.78. The molecule has 0 aromatic heterocycles. The summed E-state index contributed by atoms with van der Waals surface area (Å²) in [7, 11) is 0. The van der Waals surface area contributed by atoms with Crippen LogP contribution >= 0.6 is 11.6 Å². The first kappa shape index (κ1) is 18.3. The van der Waals surface area contributed by atoms with E-state index in [-0.39, 0.29) is 12.1 Å². The summed E-state index contributed by atoms with van der Waals surface area (Å²) in [5.41, 5.74) is 1.10. The molecule has 1 aromatic carbocycles. The fourth-order valence-electron chi connectivity index (χ4n) is 2.42. The van der Waals surface area contributed by atoms with Crippen LogP contribution in [0.15, 0.2) is 18.2 Å². The highest BCUT2D eigenvalue weighted by Crippen LogP contribution is 2.21. The van der Waals surface area contributed by atoms with Crippen molar-refractivity contribution in [3.8, 4) is 5.75 Å². The number of hydrogen-bond acceptors (Lipinski definition) is 3. The normalized spacial score (nSPS) is 13.2. The molecule has 1 aromatic rings. The Hall–Kier alpha value is -0.770. The van der Waals surface area contributed by atoms with E-state index in [1.807, 2.05) is 25.1 Å². The van der Waals surface area contributed by atoms with Crippen molar-refractivity contribution in [2.45, 2.75) is 58.6 Å². The van der Waals surface area contributed by atoms with Crippen LogP contribution in [0.1, 0.15) is 45.6 Å². The van der Waals surface area contributed by atoms with E-state index in [0.717, 1.165) is 35.6 Å². The highest BCUT2D eigenvalue weighted by atomic mass is 35.5. The summed E-state index contributed by atoms with van der Waals surface area (Å²) in [6.07, 6.45) is 2.66. The first-order valence-corrected chi connectivity index (χ1v) is 8.16. The van der Waals surface area contributed by atoms with E-state index < -0.39 is 6.10 Å². The van der Waals surface area contributed by atoms with Gasteiger partial charge in [0, 0.05) is 17.1 Å². The maximum atomic E-state index is 10.1. The third kappa shape index (κ3) is 5.50. The molecule has 0 fully saturated rings. The maximum Gasteiger partial charge on any atom is 0.119 e. The van der Waals surface area contributed by atoms with Crippen LogP contribution in [0.5, 0.6) is 5.75 Å². The van der Waals surface area contributed by atoms with Gasteiger partial charge in [0.05, 0.1) is 0 Å². The van der Waals surface area contributed by atoms with Crippen molar-refractivity contribution in [1.29, 1.82) is 0 Å². The molecule has 4 heteroatoms. The van der Waals surface area contributed by atoms with Crippen molar-refractivity contribution in [2.24, 2.45) is 0 Å². The molecule has 21 heavy (non-hydrogen) atoms. The molecule has 1 unspecified atom stereocenters. The van der Waals surface area contributed by atoms with Gasteiger partial charge in [-0.25, -0.2) is 0 Å². The Bertz CT molecular complexity index is 425. The van der Waals surface area contributed by atoms with Crippen molar-refractivity contribution < 1.29 is 9.84 Å². The Morgan fingerprint density at radius 3 is 2.38 bits per heavy atom. The van der Waals surface area contributed by atoms with Crippen LogP contribution in [0.2, 0.25) is 5.02 Å². The molecule has 1 rings (SSSR count). The van der Waals surface area contributed by atoms with Crippen molar-refractivity contribution in [1.82, 2.24) is 5.32 Å². The third-order valence-electron chi connectivity index (χ3n) is 4.31. The van der Waals surface area contributed by atoms with E-state index in [4.69, 9.17) is 16.3 Å². The van der Waals surface area contributed by atoms with E-state index >= 15 is 0 Å². The molecule has 0 bridgehead atoms. The predicted molar refractivity (Wildman–Crippen MR) is 89.3 cm³/mol. The lowest BCUT2D eigenvalue weighted by Gasteiger charge is -2.33. The number of aryl methyl sites for hydroxylation is 1. The number of nitrogens with one attached hydrogen (secondary N) is 1. The number of β-amino-alcohol motifs (C(OH)–C–C–N with tert-alkyl or cyclic N) is 1. The Morgan fingerprint density at radius 2 is 1.86 bits per heavy atom. The van der Waals surface area contributed by atoms with Gasteiger partial charge in [-0.3, -0.25) is 0 Å². The quantitative estimate of drug-likeness (QED) is 0.725. The van der Waals surface area contributed by atoms with E-state index in [2.05, 4.69) is 26.1 Å². The molecule has 3 nitrogen and oxygen atoms in total. The summed E-state index contributed by atoms with van der Waals surface area (Å²) >= 11 is 5.98. The SMILES string of the molecule is CCC(CC)(CC)NCC(O)COc1ccc(Cl)c(C)c1. The Balaban J connectivity index is 2.43. The minimum atomic E-state index is -0.523. The van der Waals surface area contributed by atoms with Gasteiger partial charge < -0.3 is 15.2 Å². The van der Waals surface area contributed by atoms with Crippen LogP contribution in [-0.4, -0.2) is 29.9 Å². The molecular weight excluding hydrogens is 286 g/mol. The summed E-state index contributed by atoms with van der Waals surface area (Å²) in [6.45, 7) is 9.30. The third-order valence-corrected chi connectivity index (χ3v) is 4.74. The molecule has 0 aliphatic carbocycles. The molecule has 0 amide bonds. The lowest BCUT2D eigenvalue weighted by Crippen LogP contribution is -2.47. The maximum absolute atomic E-state index is 10.1. The highest BCUT2D eigenvalue weighted by Gasteiger charge is 2.23. The van der Waals surface area contributed by atoms with Gasteiger partial charge in [0.1, 0.15) is 18.5 Å². The number of aliphatic hydroxyl groups excluding tert-OH is 1. The highest BCUT2D eigenvalue weighted by molar-refractivity contribution is 6.31. The Morgan fingerprint density at radius 1 is 1.24 bits per heavy atom. The van der Waals surface area contributed by atoms with Gasteiger partial charge in [-0.2, -0.15) is 0 Å². The summed E-state index contributed by atoms with van der Waals surface area (Å²) < 4.78 is 5.62. The summed E-state index contributed by atoms with van der Waals surface area (Å²) in [6, 6.07) is 5.52. The largest absolute Gasteiger partial charge is 0.491 e. The van der Waals surface area contributed by atoms with Gasteiger partial charge in [0.2, 0.25) is 0 Å². The number of ether oxygens (including phenoxy) is 1. The number of hydrogen-bond donors (Lipinski definition) is 2. The predicted octanol–water partition coefficient (Wildman–Crippen LogP) is 3.95. The van der Waals surface area contributed by atoms with Gasteiger partial charge in [-0.15, -0.1) is 0 Å². The van der Waals surface area contributed by atoms with Crippen LogP contribution in [0.4, 0.5) is 0 Å². The van der Waals surface area contributed by atoms with Gasteiger partial charge in [0.15, 0.2) is 0 Å². The molecule has 0 aliphatic heterocycles. The van der Waals surface area contributed by atoms with E-state index in [1.165, 1.54) is 0 Å². The molecular formula is C17H28ClNO2. The zero-order valence-electron chi connectivity index (χ0n) is 13.6. The molecule has 0 heterocycles. The van der Waals surface area contributed by atoms with Crippen molar-refractivity contribution in [2.75, 3.05) is 13.2 Å². The smallest absolute Gasteiger partial charge is 0.119 e. The van der Waals surface area contributed by atoms with Gasteiger partial charge in [-0.1, -0.05) is 32.4 Å². The summed E-state index contributed by atoms with van der Waals surface area (Å²) in [4.78, 5) is 0. The lowest BCUT2D eigenvalue weighted by atomic mass is 9.90. The zero-order valence-corrected chi connectivity index (χ0v) is 14.3. The number of rotatable bonds is 9. The van der Waals surface area contributed by atoms with E-state index in [1.54, 1.807) is 0 Å². The minimum Gasteiger partial charge on any atom is -0.491 e. The molecule has 120 valence electrons. The van der Waals surface area contributed by atoms with Crippen molar-refractivity contribution in [3.63, 3.8) is 0 Å². The van der Waals surface area contributed by atoms with E-state index in [9.17, 15) is 5.11 Å². The fraction of sp³-hybridized carbons (Fsp3) is 0.647. The number of aliphatic hydroxyl groups is 1. The second kappa shape index (κ2) is 8.62. The fourth-order valence-corrected chi connectivity index (χ4v) is 2.54. The van der Waals surface area contributed by atoms with Crippen molar-refractivity contribution >= 4 is 11.6 Å². The van der Waals surface area contributed by atoms with Crippen molar-refractivity contribution in [3.05, 3.63) is 28.8 Å². The van der Waals surface area contributed by atoms with Gasteiger partial charge in [-0.05, 0) is 49.9 Å². The lowest BCUT2D eigenvalue weighted by molar-refractivity contribution is 0.0942. The van der Waals surface area contributed by atoms with E-state index in [0.29, 0.717) is 6.54 Å². The monoisotopic (exact) mass is 313 g/mol. The standard InChI is InChI=1S/C17H28ClNO2/c1-5-17(6-2,7-3)19-11-14(20)12-21-15-8-9-16(18)13(4)10-15/h8-10,14,19-20H,5-7,11-12H2,1-4H3. The second-order valence-corrected chi connectivity index (χ2v) is 6.00. The van der Waals surface area contributed by atoms with Gasteiger partial charge >= 0.3 is 0 Å². The molecule has 0 spiro atoms. The topological polar surface area (TPSA) is 41.5 Å². The molecule has 0 radical (unpaired) electrons. The first-order chi connectivity index (χ1) is 9.96. The molecule has 0 saturated carbocycles. The minimum absolute atomic E-state index is 0.123. The average molecular weight is 314 g/mol. The summed E-state index contributed by atoms with van der Waals surface area (Å²) in [5.74, 6) is 0.740. The average Bonchev–Trinajstić information content (AvgIpc) is 2.50. The Kier molecular flexibility index (Phi) is 7.50. The van der Waals surface area contributed by atoms with Crippen LogP contribution in [-0.2, 0) is 0 Å². The van der Waals surface area contributed by atoms with Crippen LogP contribution in [0.3, 0.4) is 0 Å².